The van der Waals surface area contributed by atoms with Gasteiger partial charge in [-0.15, -0.1) is 0 Å². The molecule has 0 aromatic rings. The van der Waals surface area contributed by atoms with E-state index in [2.05, 4.69) is 0 Å². The van der Waals surface area contributed by atoms with Crippen molar-refractivity contribution in [3.05, 3.63) is 0 Å². The zero-order chi connectivity index (χ0) is 13.5. The topological polar surface area (TPSA) is 52.6 Å². The Balaban J connectivity index is 3.22. The number of rotatable bonds is 2. The van der Waals surface area contributed by atoms with Crippen molar-refractivity contribution in [1.82, 2.24) is 0 Å². The highest BCUT2D eigenvalue weighted by molar-refractivity contribution is 5.84. The maximum atomic E-state index is 12.0. The van der Waals surface area contributed by atoms with E-state index < -0.39 is 16.2 Å². The van der Waals surface area contributed by atoms with E-state index in [0.29, 0.717) is 12.8 Å². The Hall–Kier alpha value is -1.06. The van der Waals surface area contributed by atoms with E-state index in [4.69, 9.17) is 9.47 Å². The molecule has 0 aromatic carbocycles. The first-order valence-electron chi connectivity index (χ1n) is 5.84. The van der Waals surface area contributed by atoms with Crippen molar-refractivity contribution in [1.29, 1.82) is 0 Å². The summed E-state index contributed by atoms with van der Waals surface area (Å²) in [6.45, 7) is 7.61. The summed E-state index contributed by atoms with van der Waals surface area (Å²) in [5, 5.41) is 0. The minimum Gasteiger partial charge on any atom is -0.469 e. The van der Waals surface area contributed by atoms with Gasteiger partial charge >= 0.3 is 11.9 Å². The summed E-state index contributed by atoms with van der Waals surface area (Å²) in [7, 11) is 2.77. The lowest BCUT2D eigenvalue weighted by molar-refractivity contribution is -0.169. The summed E-state index contributed by atoms with van der Waals surface area (Å²) < 4.78 is 9.78. The van der Waals surface area contributed by atoms with Crippen LogP contribution in [0.4, 0.5) is 0 Å². The first-order chi connectivity index (χ1) is 7.67. The fourth-order valence-corrected chi connectivity index (χ4v) is 2.90. The van der Waals surface area contributed by atoms with Crippen molar-refractivity contribution in [2.24, 2.45) is 16.2 Å². The van der Waals surface area contributed by atoms with E-state index in [-0.39, 0.29) is 11.9 Å². The molecule has 17 heavy (non-hydrogen) atoms. The second-order valence-corrected chi connectivity index (χ2v) is 5.77. The Kier molecular flexibility index (Phi) is 3.29. The molecule has 0 unspecified atom stereocenters. The molecule has 1 saturated carbocycles. The summed E-state index contributed by atoms with van der Waals surface area (Å²) in [6.07, 6.45) is 1.27. The van der Waals surface area contributed by atoms with E-state index in [9.17, 15) is 9.59 Å². The lowest BCUT2D eigenvalue weighted by Gasteiger charge is -2.43. The third kappa shape index (κ3) is 1.57. The molecule has 0 bridgehead atoms. The molecule has 1 fully saturated rings. The molecule has 0 amide bonds. The zero-order valence-corrected chi connectivity index (χ0v) is 11.5. The van der Waals surface area contributed by atoms with Gasteiger partial charge in [0.2, 0.25) is 0 Å². The minimum absolute atomic E-state index is 0.255. The fraction of sp³-hybridized carbons (Fsp3) is 0.846. The molecule has 0 saturated heterocycles. The smallest absolute Gasteiger partial charge is 0.312 e. The highest BCUT2D eigenvalue weighted by atomic mass is 16.5. The Morgan fingerprint density at radius 2 is 1.12 bits per heavy atom. The predicted octanol–water partition coefficient (Wildman–Crippen LogP) is 2.17. The molecule has 1 aliphatic carbocycles. The summed E-state index contributed by atoms with van der Waals surface area (Å²) in [6, 6.07) is 0. The summed E-state index contributed by atoms with van der Waals surface area (Å²) in [5.41, 5.74) is -1.80. The number of hydrogen-bond donors (Lipinski definition) is 0. The Morgan fingerprint density at radius 1 is 0.824 bits per heavy atom. The van der Waals surface area contributed by atoms with Crippen LogP contribution in [0.5, 0.6) is 0 Å². The van der Waals surface area contributed by atoms with Crippen LogP contribution in [-0.2, 0) is 19.1 Å². The third-order valence-corrected chi connectivity index (χ3v) is 5.16. The van der Waals surface area contributed by atoms with Gasteiger partial charge in [-0.05, 0) is 32.1 Å². The van der Waals surface area contributed by atoms with Crippen molar-refractivity contribution in [2.45, 2.75) is 40.5 Å². The van der Waals surface area contributed by atoms with Crippen molar-refractivity contribution < 1.29 is 19.1 Å². The first-order valence-corrected chi connectivity index (χ1v) is 5.84. The second kappa shape index (κ2) is 4.00. The largest absolute Gasteiger partial charge is 0.469 e. The molecular weight excluding hydrogens is 220 g/mol. The summed E-state index contributed by atoms with van der Waals surface area (Å²) in [4.78, 5) is 24.0. The highest BCUT2D eigenvalue weighted by Crippen LogP contribution is 2.63. The molecule has 0 spiro atoms. The molecular formula is C13H22O4. The molecule has 2 atom stereocenters. The molecule has 1 aliphatic rings. The number of hydrogen-bond acceptors (Lipinski definition) is 4. The summed E-state index contributed by atoms with van der Waals surface area (Å²) in [5.74, 6) is -0.509. The van der Waals surface area contributed by atoms with E-state index in [1.165, 1.54) is 14.2 Å². The molecule has 4 heteroatoms. The first kappa shape index (κ1) is 14.0. The number of ether oxygens (including phenoxy) is 2. The van der Waals surface area contributed by atoms with Crippen LogP contribution in [0.15, 0.2) is 0 Å². The maximum absolute atomic E-state index is 12.0. The van der Waals surface area contributed by atoms with Crippen LogP contribution in [0, 0.1) is 16.2 Å². The van der Waals surface area contributed by atoms with E-state index in [1.807, 2.05) is 27.7 Å². The normalized spacial score (nSPS) is 35.4. The van der Waals surface area contributed by atoms with Gasteiger partial charge < -0.3 is 9.47 Å². The third-order valence-electron chi connectivity index (χ3n) is 5.16. The standard InChI is InChI=1S/C13H22O4/c1-11(2)12(3,9(14)16-5)7-8-13(11,4)10(15)17-6/h7-8H2,1-6H3/t12-,13+. The number of carbonyl (C=O) groups excluding carboxylic acids is 2. The van der Waals surface area contributed by atoms with Gasteiger partial charge in [0, 0.05) is 0 Å². The highest BCUT2D eigenvalue weighted by Gasteiger charge is 2.65. The Bertz CT molecular complexity index is 315. The number of carbonyl (C=O) groups is 2. The quantitative estimate of drug-likeness (QED) is 0.696. The van der Waals surface area contributed by atoms with E-state index >= 15 is 0 Å². The predicted molar refractivity (Wildman–Crippen MR) is 63.3 cm³/mol. The second-order valence-electron chi connectivity index (χ2n) is 5.77. The van der Waals surface area contributed by atoms with Crippen LogP contribution < -0.4 is 0 Å². The monoisotopic (exact) mass is 242 g/mol. The van der Waals surface area contributed by atoms with Crippen molar-refractivity contribution in [3.8, 4) is 0 Å². The van der Waals surface area contributed by atoms with Crippen LogP contribution in [0.1, 0.15) is 40.5 Å². The van der Waals surface area contributed by atoms with E-state index in [0.717, 1.165) is 0 Å². The van der Waals surface area contributed by atoms with Crippen molar-refractivity contribution in [3.63, 3.8) is 0 Å². The average molecular weight is 242 g/mol. The van der Waals surface area contributed by atoms with Gasteiger partial charge in [-0.1, -0.05) is 13.8 Å². The zero-order valence-electron chi connectivity index (χ0n) is 11.5. The summed E-state index contributed by atoms with van der Waals surface area (Å²) >= 11 is 0. The molecule has 98 valence electrons. The SMILES string of the molecule is COC(=O)[C@]1(C)CC[C@](C)(C(=O)OC)C1(C)C. The maximum Gasteiger partial charge on any atom is 0.312 e. The van der Waals surface area contributed by atoms with Crippen LogP contribution in [0.25, 0.3) is 0 Å². The van der Waals surface area contributed by atoms with Crippen LogP contribution in [0.2, 0.25) is 0 Å². The van der Waals surface area contributed by atoms with Crippen LogP contribution in [-0.4, -0.2) is 26.2 Å². The minimum atomic E-state index is -0.648. The molecule has 0 aromatic heterocycles. The van der Waals surface area contributed by atoms with Gasteiger partial charge in [-0.25, -0.2) is 0 Å². The van der Waals surface area contributed by atoms with Gasteiger partial charge in [-0.2, -0.15) is 0 Å². The van der Waals surface area contributed by atoms with Crippen LogP contribution in [0.3, 0.4) is 0 Å². The fourth-order valence-electron chi connectivity index (χ4n) is 2.90. The average Bonchev–Trinajstić information content (AvgIpc) is 2.49. The number of esters is 2. The Labute approximate surface area is 103 Å². The van der Waals surface area contributed by atoms with Crippen molar-refractivity contribution >= 4 is 11.9 Å². The van der Waals surface area contributed by atoms with Crippen molar-refractivity contribution in [2.75, 3.05) is 14.2 Å². The molecule has 0 heterocycles. The molecule has 1 rings (SSSR count). The van der Waals surface area contributed by atoms with Gasteiger partial charge in [0.15, 0.2) is 0 Å². The molecule has 0 radical (unpaired) electrons. The number of methoxy groups -OCH3 is 2. The van der Waals surface area contributed by atoms with Gasteiger partial charge in [-0.3, -0.25) is 9.59 Å². The molecule has 0 N–H and O–H groups in total. The Morgan fingerprint density at radius 3 is 1.35 bits per heavy atom. The lowest BCUT2D eigenvalue weighted by atomic mass is 9.59. The van der Waals surface area contributed by atoms with Gasteiger partial charge in [0.25, 0.3) is 0 Å². The molecule has 4 nitrogen and oxygen atoms in total. The van der Waals surface area contributed by atoms with Gasteiger partial charge in [0.1, 0.15) is 0 Å². The van der Waals surface area contributed by atoms with E-state index in [1.54, 1.807) is 0 Å². The van der Waals surface area contributed by atoms with Gasteiger partial charge in [0.05, 0.1) is 25.0 Å². The lowest BCUT2D eigenvalue weighted by Crippen LogP contribution is -2.48. The van der Waals surface area contributed by atoms with Crippen LogP contribution >= 0.6 is 0 Å². The molecule has 0 aliphatic heterocycles.